The Labute approximate surface area is 164 Å². The topological polar surface area (TPSA) is 75.3 Å². The first-order chi connectivity index (χ1) is 12.7. The molecule has 0 bridgehead atoms. The van der Waals surface area contributed by atoms with Crippen LogP contribution in [0.4, 0.5) is 0 Å². The van der Waals surface area contributed by atoms with Crippen molar-refractivity contribution in [3.05, 3.63) is 72.2 Å². The average Bonchev–Trinajstić information content (AvgIpc) is 2.67. The number of allylic oxidation sites excluding steroid dienone is 10. The second-order valence-electron chi connectivity index (χ2n) is 5.27. The molecule has 0 saturated carbocycles. The van der Waals surface area contributed by atoms with Crippen LogP contribution in [0.25, 0.3) is 0 Å². The van der Waals surface area contributed by atoms with Crippen molar-refractivity contribution in [3.8, 4) is 0 Å². The van der Waals surface area contributed by atoms with Crippen molar-refractivity contribution in [2.45, 2.75) is 26.7 Å². The minimum absolute atomic E-state index is 0.0705. The molecule has 139 valence electrons. The van der Waals surface area contributed by atoms with E-state index in [9.17, 15) is 9.59 Å². The van der Waals surface area contributed by atoms with Gasteiger partial charge in [0.15, 0.2) is 11.6 Å². The van der Waals surface area contributed by atoms with Gasteiger partial charge >= 0.3 is 21.0 Å². The number of rotatable bonds is 6. The Morgan fingerprint density at radius 2 is 1.08 bits per heavy atom. The Morgan fingerprint density at radius 1 is 0.731 bits per heavy atom. The second-order valence-corrected chi connectivity index (χ2v) is 5.27. The Balaban J connectivity index is 0.000000439. The first kappa shape index (κ1) is 23.8. The molecule has 0 unspecified atom stereocenters. The predicted molar refractivity (Wildman–Crippen MR) is 100 cm³/mol. The van der Waals surface area contributed by atoms with Gasteiger partial charge in [0.05, 0.1) is 0 Å². The molecule has 0 aromatic rings. The van der Waals surface area contributed by atoms with Gasteiger partial charge in [-0.1, -0.05) is 38.2 Å². The van der Waals surface area contributed by atoms with E-state index in [0.717, 1.165) is 54.4 Å². The number of carbonyl (C=O) groups excluding carboxylic acids is 2. The van der Waals surface area contributed by atoms with Gasteiger partial charge in [-0.3, -0.25) is 9.59 Å². The van der Waals surface area contributed by atoms with Crippen molar-refractivity contribution in [1.82, 2.24) is 10.6 Å². The molecule has 0 aromatic carbocycles. The fraction of sp³-hybridized carbons (Fsp3) is 0.300. The van der Waals surface area contributed by atoms with Gasteiger partial charge in [-0.05, 0) is 37.1 Å². The molecule has 2 aliphatic rings. The summed E-state index contributed by atoms with van der Waals surface area (Å²) in [6.45, 7) is 6.00. The van der Waals surface area contributed by atoms with E-state index < -0.39 is 0 Å². The van der Waals surface area contributed by atoms with Crippen LogP contribution in [0, 0.1) is 0 Å². The number of hydrogen-bond acceptors (Lipinski definition) is 5. The summed E-state index contributed by atoms with van der Waals surface area (Å²) in [6.07, 6.45) is 19.7. The molecule has 2 aliphatic carbocycles. The quantitative estimate of drug-likeness (QED) is 0.536. The molecule has 0 radical (unpaired) electrons. The fourth-order valence-electron chi connectivity index (χ4n) is 1.85. The maximum absolute atomic E-state index is 11.1. The van der Waals surface area contributed by atoms with Gasteiger partial charge in [0.2, 0.25) is 0 Å². The van der Waals surface area contributed by atoms with Crippen molar-refractivity contribution >= 4 is 11.6 Å². The zero-order valence-electron chi connectivity index (χ0n) is 15.3. The third-order valence-corrected chi connectivity index (χ3v) is 3.14. The van der Waals surface area contributed by atoms with Gasteiger partial charge in [-0.25, -0.2) is 0 Å². The summed E-state index contributed by atoms with van der Waals surface area (Å²) >= 11 is 1.06. The van der Waals surface area contributed by atoms with Crippen molar-refractivity contribution in [1.29, 1.82) is 0 Å². The summed E-state index contributed by atoms with van der Waals surface area (Å²) in [5, 5.41) is 6.13. The van der Waals surface area contributed by atoms with E-state index in [0.29, 0.717) is 0 Å². The van der Waals surface area contributed by atoms with Crippen molar-refractivity contribution < 1.29 is 30.6 Å². The number of ketones is 2. The molecule has 5 nitrogen and oxygen atoms in total. The maximum atomic E-state index is 11.1. The Morgan fingerprint density at radius 3 is 1.38 bits per heavy atom. The molecule has 0 amide bonds. The second kappa shape index (κ2) is 16.2. The van der Waals surface area contributed by atoms with E-state index in [2.05, 4.69) is 24.5 Å². The zero-order chi connectivity index (χ0) is 19.6. The Hall–Kier alpha value is -2.24. The normalized spacial score (nSPS) is 17.4. The van der Waals surface area contributed by atoms with E-state index >= 15 is 0 Å². The summed E-state index contributed by atoms with van der Waals surface area (Å²) in [4.78, 5) is 22.3. The summed E-state index contributed by atoms with van der Waals surface area (Å²) in [5.41, 5.74) is 1.46. The van der Waals surface area contributed by atoms with Gasteiger partial charge in [0, 0.05) is 36.6 Å². The molecule has 0 aliphatic heterocycles. The first-order valence-corrected chi connectivity index (χ1v) is 9.09. The minimum atomic E-state index is 0.0705. The van der Waals surface area contributed by atoms with Crippen molar-refractivity contribution in [2.24, 2.45) is 0 Å². The van der Waals surface area contributed by atoms with Crippen LogP contribution < -0.4 is 10.6 Å². The Kier molecular flexibility index (Phi) is 14.8. The van der Waals surface area contributed by atoms with Crippen molar-refractivity contribution in [3.63, 3.8) is 0 Å². The molecule has 0 fully saturated rings. The summed E-state index contributed by atoms with van der Waals surface area (Å²) in [5.74, 6) is 0.141. The zero-order valence-corrected chi connectivity index (χ0v) is 16.7. The van der Waals surface area contributed by atoms with E-state index in [1.807, 2.05) is 24.3 Å². The first-order valence-electron chi connectivity index (χ1n) is 8.52. The van der Waals surface area contributed by atoms with Crippen LogP contribution in [0.1, 0.15) is 26.7 Å². The summed E-state index contributed by atoms with van der Waals surface area (Å²) in [7, 11) is 0. The molecule has 0 saturated heterocycles. The molecule has 0 atom stereocenters. The molecule has 6 heteroatoms. The Bertz CT molecular complexity index is 575. The van der Waals surface area contributed by atoms with Crippen LogP contribution in [0.2, 0.25) is 0 Å². The SMILES string of the molecule is CCCNC=C1C=CC=CC1=O.CCCNC=C1C=CC=CC1=O.[O]=[V]. The molecule has 2 N–H and O–H groups in total. The molecule has 0 aromatic heterocycles. The van der Waals surface area contributed by atoms with E-state index in [4.69, 9.17) is 3.67 Å². The van der Waals surface area contributed by atoms with Gasteiger partial charge in [0.1, 0.15) is 0 Å². The third-order valence-electron chi connectivity index (χ3n) is 3.14. The van der Waals surface area contributed by atoms with Crippen LogP contribution in [-0.4, -0.2) is 24.7 Å². The van der Waals surface area contributed by atoms with Gasteiger partial charge in [-0.15, -0.1) is 0 Å². The summed E-state index contributed by atoms with van der Waals surface area (Å²) < 4.78 is 8.19. The van der Waals surface area contributed by atoms with Gasteiger partial charge < -0.3 is 10.6 Å². The van der Waals surface area contributed by atoms with E-state index in [-0.39, 0.29) is 11.6 Å². The molecular formula is C20H26N2O3V. The van der Waals surface area contributed by atoms with Gasteiger partial charge in [0.25, 0.3) is 0 Å². The van der Waals surface area contributed by atoms with Crippen LogP contribution in [-0.2, 0) is 30.6 Å². The number of carbonyl (C=O) groups is 2. The van der Waals surface area contributed by atoms with E-state index in [1.54, 1.807) is 36.7 Å². The van der Waals surface area contributed by atoms with Crippen LogP contribution in [0.15, 0.2) is 72.2 Å². The molecule has 0 heterocycles. The molecule has 0 spiro atoms. The average molecular weight is 393 g/mol. The third kappa shape index (κ3) is 10.6. The molecular weight excluding hydrogens is 367 g/mol. The van der Waals surface area contributed by atoms with Crippen LogP contribution >= 0.6 is 0 Å². The molecule has 2 rings (SSSR count). The molecule has 26 heavy (non-hydrogen) atoms. The summed E-state index contributed by atoms with van der Waals surface area (Å²) in [6, 6.07) is 0. The van der Waals surface area contributed by atoms with Crippen molar-refractivity contribution in [2.75, 3.05) is 13.1 Å². The predicted octanol–water partition coefficient (Wildman–Crippen LogP) is 3.01. The van der Waals surface area contributed by atoms with Crippen LogP contribution in [0.5, 0.6) is 0 Å². The monoisotopic (exact) mass is 393 g/mol. The number of nitrogens with one attached hydrogen (secondary N) is 2. The standard InChI is InChI=1S/2C10H13NO.O.V/c2*1-2-7-11-8-9-5-3-4-6-10(9)12;;/h2*3-6,8,11H,2,7H2,1H3;;. The van der Waals surface area contributed by atoms with Gasteiger partial charge in [-0.2, -0.15) is 0 Å². The fourth-order valence-corrected chi connectivity index (χ4v) is 1.85. The van der Waals surface area contributed by atoms with Crippen LogP contribution in [0.3, 0.4) is 0 Å². The number of hydrogen-bond donors (Lipinski definition) is 2. The van der Waals surface area contributed by atoms with E-state index in [1.165, 1.54) is 0 Å².